The van der Waals surface area contributed by atoms with Crippen LogP contribution < -0.4 is 21.3 Å². The van der Waals surface area contributed by atoms with Crippen molar-refractivity contribution in [3.05, 3.63) is 104 Å². The van der Waals surface area contributed by atoms with E-state index in [1.807, 2.05) is 0 Å². The largest absolute Gasteiger partial charge is 0.436 e. The third-order valence-corrected chi connectivity index (χ3v) is 8.10. The van der Waals surface area contributed by atoms with Gasteiger partial charge in [-0.2, -0.15) is 0 Å². The second-order valence-corrected chi connectivity index (χ2v) is 11.8. The van der Waals surface area contributed by atoms with E-state index in [9.17, 15) is 18.8 Å². The number of benzene rings is 2. The molecule has 0 spiro atoms. The Hall–Kier alpha value is -4.75. The maximum absolute atomic E-state index is 15.2. The summed E-state index contributed by atoms with van der Waals surface area (Å²) in [5, 5.41) is 2.53. The van der Waals surface area contributed by atoms with Crippen LogP contribution >= 0.6 is 0 Å². The molecule has 1 fully saturated rings. The Balaban J connectivity index is 1.20. The summed E-state index contributed by atoms with van der Waals surface area (Å²) in [6, 6.07) is 8.27. The first kappa shape index (κ1) is 30.3. The molecule has 2 aliphatic heterocycles. The maximum Gasteiger partial charge on any atom is 0.335 e. The SMILES string of the molecule is CC(C)n1cc(C(=O)Nc2ccc(Oc3ncnc4c3CCN(CC3CN(C)C3)C4)c(F)c2)c(=O)n(-c2ccc(F)cc2)c1=O. The molecule has 6 rings (SSSR count). The minimum absolute atomic E-state index is 0.0712. The number of amides is 1. The summed E-state index contributed by atoms with van der Waals surface area (Å²) in [7, 11) is 2.11. The number of anilines is 1. The number of carbonyl (C=O) groups is 1. The number of hydrogen-bond donors (Lipinski definition) is 1. The number of fused-ring (bicyclic) bond motifs is 1. The van der Waals surface area contributed by atoms with Crippen LogP contribution in [0.4, 0.5) is 14.5 Å². The van der Waals surface area contributed by atoms with Gasteiger partial charge in [0.25, 0.3) is 11.5 Å². The fourth-order valence-electron chi connectivity index (χ4n) is 5.81. The van der Waals surface area contributed by atoms with Crippen molar-refractivity contribution in [1.82, 2.24) is 28.9 Å². The van der Waals surface area contributed by atoms with Gasteiger partial charge in [0.05, 0.1) is 11.4 Å². The average Bonchev–Trinajstić information content (AvgIpc) is 2.98. The summed E-state index contributed by atoms with van der Waals surface area (Å²) in [6.07, 6.45) is 3.26. The van der Waals surface area contributed by atoms with Crippen molar-refractivity contribution in [2.75, 3.05) is 38.5 Å². The Bertz CT molecular complexity index is 1870. The van der Waals surface area contributed by atoms with Crippen LogP contribution in [0, 0.1) is 17.6 Å². The van der Waals surface area contributed by atoms with Gasteiger partial charge in [-0.15, -0.1) is 0 Å². The topological polar surface area (TPSA) is 115 Å². The van der Waals surface area contributed by atoms with E-state index in [0.717, 1.165) is 60.2 Å². The Morgan fingerprint density at radius 1 is 1.09 bits per heavy atom. The highest BCUT2D eigenvalue weighted by molar-refractivity contribution is 6.03. The zero-order chi connectivity index (χ0) is 31.8. The van der Waals surface area contributed by atoms with Crippen molar-refractivity contribution in [3.63, 3.8) is 0 Å². The number of ether oxygens (including phenoxy) is 1. The lowest BCUT2D eigenvalue weighted by Crippen LogP contribution is -2.50. The van der Waals surface area contributed by atoms with Crippen LogP contribution in [-0.4, -0.2) is 68.0 Å². The van der Waals surface area contributed by atoms with Gasteiger partial charge in [0, 0.05) is 62.3 Å². The predicted octanol–water partition coefficient (Wildman–Crippen LogP) is 3.61. The average molecular weight is 618 g/mol. The first-order chi connectivity index (χ1) is 21.6. The lowest BCUT2D eigenvalue weighted by atomic mass is 9.98. The van der Waals surface area contributed by atoms with Crippen molar-refractivity contribution in [1.29, 1.82) is 0 Å². The molecule has 4 aromatic rings. The normalized spacial score (nSPS) is 15.5. The molecule has 2 aromatic heterocycles. The summed E-state index contributed by atoms with van der Waals surface area (Å²) in [5.41, 5.74) is -0.0497. The van der Waals surface area contributed by atoms with Crippen molar-refractivity contribution < 1.29 is 18.3 Å². The van der Waals surface area contributed by atoms with E-state index in [2.05, 4.69) is 32.1 Å². The molecule has 11 nitrogen and oxygen atoms in total. The van der Waals surface area contributed by atoms with Gasteiger partial charge in [-0.1, -0.05) is 0 Å². The molecule has 0 aliphatic carbocycles. The van der Waals surface area contributed by atoms with Gasteiger partial charge in [0.2, 0.25) is 5.88 Å². The molecule has 1 saturated heterocycles. The van der Waals surface area contributed by atoms with Gasteiger partial charge in [-0.05, 0) is 69.6 Å². The summed E-state index contributed by atoms with van der Waals surface area (Å²) < 4.78 is 36.7. The summed E-state index contributed by atoms with van der Waals surface area (Å²) in [5.74, 6) is -1.28. The van der Waals surface area contributed by atoms with Crippen molar-refractivity contribution >= 4 is 11.6 Å². The highest BCUT2D eigenvalue weighted by atomic mass is 19.1. The first-order valence-corrected chi connectivity index (χ1v) is 14.7. The lowest BCUT2D eigenvalue weighted by molar-refractivity contribution is 0.0845. The highest BCUT2D eigenvalue weighted by Crippen LogP contribution is 2.31. The van der Waals surface area contributed by atoms with Crippen LogP contribution in [0.3, 0.4) is 0 Å². The molecule has 4 heterocycles. The standard InChI is InChI=1S/C32H33F2N7O4/c1-19(2)40-16-25(31(43)41(32(40)44)23-7-4-21(33)5-8-23)29(42)37-22-6-9-28(26(34)12-22)45-30-24-10-11-39(15-20-13-38(3)14-20)17-27(24)35-18-36-30/h4-9,12,16,18-20H,10-11,13-15,17H2,1-3H3,(H,37,42). The molecule has 0 bridgehead atoms. The molecular weight excluding hydrogens is 584 g/mol. The zero-order valence-corrected chi connectivity index (χ0v) is 25.2. The van der Waals surface area contributed by atoms with Crippen LogP contribution in [-0.2, 0) is 13.0 Å². The maximum atomic E-state index is 15.2. The highest BCUT2D eigenvalue weighted by Gasteiger charge is 2.29. The van der Waals surface area contributed by atoms with Crippen molar-refractivity contribution in [3.8, 4) is 17.3 Å². The minimum Gasteiger partial charge on any atom is -0.436 e. The van der Waals surface area contributed by atoms with E-state index in [1.54, 1.807) is 13.8 Å². The van der Waals surface area contributed by atoms with Gasteiger partial charge in [0.1, 0.15) is 17.7 Å². The number of hydrogen-bond acceptors (Lipinski definition) is 8. The summed E-state index contributed by atoms with van der Waals surface area (Å²) in [4.78, 5) is 53.0. The van der Waals surface area contributed by atoms with Gasteiger partial charge in [-0.25, -0.2) is 28.1 Å². The lowest BCUT2D eigenvalue weighted by Gasteiger charge is -2.40. The molecule has 1 N–H and O–H groups in total. The third kappa shape index (κ3) is 6.26. The number of nitrogens with zero attached hydrogens (tertiary/aromatic N) is 6. The summed E-state index contributed by atoms with van der Waals surface area (Å²) in [6.45, 7) is 8.13. The fraction of sp³-hybridized carbons (Fsp3) is 0.344. The van der Waals surface area contributed by atoms with Crippen LogP contribution in [0.25, 0.3) is 5.69 Å². The molecule has 234 valence electrons. The minimum atomic E-state index is -0.895. The third-order valence-electron chi connectivity index (χ3n) is 8.10. The first-order valence-electron chi connectivity index (χ1n) is 14.7. The molecule has 0 atom stereocenters. The Morgan fingerprint density at radius 2 is 1.84 bits per heavy atom. The molecule has 45 heavy (non-hydrogen) atoms. The summed E-state index contributed by atoms with van der Waals surface area (Å²) >= 11 is 0. The molecule has 0 unspecified atom stereocenters. The zero-order valence-electron chi connectivity index (χ0n) is 25.2. The van der Waals surface area contributed by atoms with E-state index >= 15 is 4.39 Å². The van der Waals surface area contributed by atoms with Crippen LogP contribution in [0.15, 0.2) is 64.6 Å². The number of halogens is 2. The molecule has 2 aromatic carbocycles. The molecule has 13 heteroatoms. The fourth-order valence-corrected chi connectivity index (χ4v) is 5.81. The molecular formula is C32H33F2N7O4. The van der Waals surface area contributed by atoms with E-state index in [0.29, 0.717) is 18.9 Å². The quantitative estimate of drug-likeness (QED) is 0.319. The number of rotatable bonds is 8. The number of carbonyl (C=O) groups excluding carboxylic acids is 1. The van der Waals surface area contributed by atoms with Gasteiger partial charge in [0.15, 0.2) is 11.6 Å². The van der Waals surface area contributed by atoms with Crippen LogP contribution in [0.1, 0.15) is 41.5 Å². The second kappa shape index (κ2) is 12.3. The van der Waals surface area contributed by atoms with E-state index < -0.39 is 34.8 Å². The van der Waals surface area contributed by atoms with Gasteiger partial charge < -0.3 is 15.0 Å². The molecule has 1 amide bonds. The molecule has 0 saturated carbocycles. The Morgan fingerprint density at radius 3 is 2.53 bits per heavy atom. The monoisotopic (exact) mass is 617 g/mol. The molecule has 0 radical (unpaired) electrons. The van der Waals surface area contributed by atoms with Crippen molar-refractivity contribution in [2.45, 2.75) is 32.9 Å². The van der Waals surface area contributed by atoms with E-state index in [1.165, 1.54) is 41.4 Å². The second-order valence-electron chi connectivity index (χ2n) is 11.8. The number of nitrogens with one attached hydrogen (secondary N) is 1. The van der Waals surface area contributed by atoms with Crippen LogP contribution in [0.2, 0.25) is 0 Å². The van der Waals surface area contributed by atoms with Gasteiger partial charge in [-0.3, -0.25) is 19.1 Å². The number of aromatic nitrogens is 4. The van der Waals surface area contributed by atoms with E-state index in [4.69, 9.17) is 4.74 Å². The van der Waals surface area contributed by atoms with Gasteiger partial charge >= 0.3 is 5.69 Å². The predicted molar refractivity (Wildman–Crippen MR) is 163 cm³/mol. The number of likely N-dealkylation sites (tertiary alicyclic amines) is 1. The molecule has 2 aliphatic rings. The van der Waals surface area contributed by atoms with E-state index in [-0.39, 0.29) is 28.6 Å². The Kier molecular flexibility index (Phi) is 8.30. The smallest absolute Gasteiger partial charge is 0.335 e. The van der Waals surface area contributed by atoms with Crippen molar-refractivity contribution in [2.24, 2.45) is 5.92 Å². The Labute approximate surface area is 257 Å². The van der Waals surface area contributed by atoms with Crippen LogP contribution in [0.5, 0.6) is 11.6 Å².